The standard InChI is InChI=1S/C18H30N4O3S/c1-21(2)18(8-13-25-14-9-18)15-20-17-16(7-6-10-19-17)26(23,24)22-11-4-3-5-12-22/h6-7,10H,3-5,8-9,11-15H2,1-2H3,(H,19,20). The molecule has 0 aliphatic carbocycles. The highest BCUT2D eigenvalue weighted by molar-refractivity contribution is 7.89. The van der Waals surface area contributed by atoms with Gasteiger partial charge in [0.05, 0.1) is 0 Å². The summed E-state index contributed by atoms with van der Waals surface area (Å²) in [7, 11) is 0.617. The van der Waals surface area contributed by atoms with Gasteiger partial charge in [-0.1, -0.05) is 6.42 Å². The van der Waals surface area contributed by atoms with E-state index >= 15 is 0 Å². The summed E-state index contributed by atoms with van der Waals surface area (Å²) >= 11 is 0. The summed E-state index contributed by atoms with van der Waals surface area (Å²) in [6.45, 7) is 3.27. The first-order chi connectivity index (χ1) is 12.5. The van der Waals surface area contributed by atoms with Gasteiger partial charge in [-0.25, -0.2) is 13.4 Å². The zero-order valence-electron chi connectivity index (χ0n) is 15.8. The molecule has 1 aromatic heterocycles. The Kier molecular flexibility index (Phi) is 6.17. The average molecular weight is 383 g/mol. The predicted octanol–water partition coefficient (Wildman–Crippen LogP) is 1.78. The van der Waals surface area contributed by atoms with Crippen molar-refractivity contribution < 1.29 is 13.2 Å². The van der Waals surface area contributed by atoms with Gasteiger partial charge in [-0.05, 0) is 51.9 Å². The molecule has 0 saturated carbocycles. The maximum Gasteiger partial charge on any atom is 0.246 e. The van der Waals surface area contributed by atoms with Crippen molar-refractivity contribution in [3.63, 3.8) is 0 Å². The van der Waals surface area contributed by atoms with E-state index in [0.717, 1.165) is 45.3 Å². The van der Waals surface area contributed by atoms with Crippen LogP contribution in [0.15, 0.2) is 23.2 Å². The van der Waals surface area contributed by atoms with Crippen LogP contribution in [0.4, 0.5) is 5.82 Å². The molecule has 0 spiro atoms. The zero-order valence-corrected chi connectivity index (χ0v) is 16.6. The van der Waals surface area contributed by atoms with E-state index in [1.54, 1.807) is 22.6 Å². The summed E-state index contributed by atoms with van der Waals surface area (Å²) in [4.78, 5) is 6.84. The third kappa shape index (κ3) is 4.03. The molecule has 1 aromatic rings. The van der Waals surface area contributed by atoms with Crippen molar-refractivity contribution >= 4 is 15.8 Å². The SMILES string of the molecule is CN(C)C1(CNc2ncccc2S(=O)(=O)N2CCCCC2)CCOCC1. The second-order valence-corrected chi connectivity index (χ2v) is 9.31. The Balaban J connectivity index is 1.81. The van der Waals surface area contributed by atoms with Gasteiger partial charge in [-0.15, -0.1) is 0 Å². The van der Waals surface area contributed by atoms with Crippen LogP contribution in [0.1, 0.15) is 32.1 Å². The first-order valence-electron chi connectivity index (χ1n) is 9.40. The molecule has 3 rings (SSSR count). The van der Waals surface area contributed by atoms with Crippen LogP contribution in [-0.2, 0) is 14.8 Å². The molecule has 0 amide bonds. The van der Waals surface area contributed by atoms with Crippen LogP contribution < -0.4 is 5.32 Å². The number of likely N-dealkylation sites (N-methyl/N-ethyl adjacent to an activating group) is 1. The summed E-state index contributed by atoms with van der Waals surface area (Å²) < 4.78 is 33.3. The van der Waals surface area contributed by atoms with E-state index < -0.39 is 10.0 Å². The highest BCUT2D eigenvalue weighted by Crippen LogP contribution is 2.29. The molecule has 1 N–H and O–H groups in total. The first kappa shape index (κ1) is 19.5. The molecule has 0 atom stereocenters. The van der Waals surface area contributed by atoms with E-state index in [1.165, 1.54) is 0 Å². The number of nitrogens with zero attached hydrogens (tertiary/aromatic N) is 3. The molecule has 0 unspecified atom stereocenters. The fourth-order valence-corrected chi connectivity index (χ4v) is 5.39. The van der Waals surface area contributed by atoms with Crippen LogP contribution in [-0.4, -0.2) is 75.1 Å². The zero-order chi connectivity index (χ0) is 18.6. The minimum atomic E-state index is -3.52. The number of sulfonamides is 1. The largest absolute Gasteiger partial charge is 0.381 e. The number of nitrogens with one attached hydrogen (secondary N) is 1. The van der Waals surface area contributed by atoms with Crippen LogP contribution >= 0.6 is 0 Å². The summed E-state index contributed by atoms with van der Waals surface area (Å²) in [6.07, 6.45) is 6.40. The maximum atomic E-state index is 13.1. The van der Waals surface area contributed by atoms with Crippen LogP contribution in [0.25, 0.3) is 0 Å². The van der Waals surface area contributed by atoms with Crippen molar-refractivity contribution in [2.75, 3.05) is 52.3 Å². The van der Waals surface area contributed by atoms with Crippen LogP contribution in [0.2, 0.25) is 0 Å². The quantitative estimate of drug-likeness (QED) is 0.808. The van der Waals surface area contributed by atoms with Gasteiger partial charge in [0.25, 0.3) is 0 Å². The van der Waals surface area contributed by atoms with E-state index in [0.29, 0.717) is 25.5 Å². The highest BCUT2D eigenvalue weighted by atomic mass is 32.2. The van der Waals surface area contributed by atoms with Gasteiger partial charge < -0.3 is 15.0 Å². The first-order valence-corrected chi connectivity index (χ1v) is 10.8. The van der Waals surface area contributed by atoms with Crippen LogP contribution in [0, 0.1) is 0 Å². The van der Waals surface area contributed by atoms with Gasteiger partial charge in [0.15, 0.2) is 0 Å². The molecule has 0 bridgehead atoms. The smallest absolute Gasteiger partial charge is 0.246 e. The minimum Gasteiger partial charge on any atom is -0.381 e. The van der Waals surface area contributed by atoms with Crippen molar-refractivity contribution in [2.24, 2.45) is 0 Å². The topological polar surface area (TPSA) is 74.8 Å². The second kappa shape index (κ2) is 8.21. The number of pyridine rings is 1. The van der Waals surface area contributed by atoms with E-state index in [2.05, 4.69) is 29.3 Å². The molecule has 3 heterocycles. The van der Waals surface area contributed by atoms with E-state index in [9.17, 15) is 8.42 Å². The third-order valence-corrected chi connectivity index (χ3v) is 7.59. The Morgan fingerprint density at radius 1 is 1.23 bits per heavy atom. The van der Waals surface area contributed by atoms with Crippen molar-refractivity contribution in [2.45, 2.75) is 42.5 Å². The monoisotopic (exact) mass is 382 g/mol. The fraction of sp³-hybridized carbons (Fsp3) is 0.722. The molecule has 2 aliphatic heterocycles. The van der Waals surface area contributed by atoms with Crippen molar-refractivity contribution in [3.05, 3.63) is 18.3 Å². The Morgan fingerprint density at radius 2 is 1.92 bits per heavy atom. The van der Waals surface area contributed by atoms with Crippen molar-refractivity contribution in [1.82, 2.24) is 14.2 Å². The molecular weight excluding hydrogens is 352 g/mol. The fourth-order valence-electron chi connectivity index (χ4n) is 3.76. The second-order valence-electron chi connectivity index (χ2n) is 7.40. The van der Waals surface area contributed by atoms with Gasteiger partial charge in [0.1, 0.15) is 10.7 Å². The number of aromatic nitrogens is 1. The van der Waals surface area contributed by atoms with E-state index in [1.807, 2.05) is 0 Å². The number of anilines is 1. The molecule has 26 heavy (non-hydrogen) atoms. The van der Waals surface area contributed by atoms with Crippen molar-refractivity contribution in [1.29, 1.82) is 0 Å². The predicted molar refractivity (Wildman–Crippen MR) is 102 cm³/mol. The molecule has 0 aromatic carbocycles. The lowest BCUT2D eigenvalue weighted by atomic mass is 9.88. The van der Waals surface area contributed by atoms with Gasteiger partial charge in [0, 0.05) is 44.6 Å². The lowest BCUT2D eigenvalue weighted by molar-refractivity contribution is -0.000691. The molecule has 7 nitrogen and oxygen atoms in total. The van der Waals surface area contributed by atoms with Gasteiger partial charge >= 0.3 is 0 Å². The normalized spacial score (nSPS) is 21.7. The lowest BCUT2D eigenvalue weighted by Gasteiger charge is -2.43. The Hall–Kier alpha value is -1.22. The number of hydrogen-bond donors (Lipinski definition) is 1. The lowest BCUT2D eigenvalue weighted by Crippen LogP contribution is -2.53. The Labute approximate surface area is 156 Å². The van der Waals surface area contributed by atoms with Crippen LogP contribution in [0.3, 0.4) is 0 Å². The maximum absolute atomic E-state index is 13.1. The Bertz CT molecular complexity index is 696. The van der Waals surface area contributed by atoms with E-state index in [-0.39, 0.29) is 10.4 Å². The minimum absolute atomic E-state index is 0.0536. The highest BCUT2D eigenvalue weighted by Gasteiger charge is 2.35. The summed E-state index contributed by atoms with van der Waals surface area (Å²) in [6, 6.07) is 3.35. The molecule has 2 saturated heterocycles. The number of ether oxygens (including phenoxy) is 1. The summed E-state index contributed by atoms with van der Waals surface area (Å²) in [5, 5.41) is 3.34. The van der Waals surface area contributed by atoms with Gasteiger partial charge in [-0.2, -0.15) is 4.31 Å². The van der Waals surface area contributed by atoms with Crippen molar-refractivity contribution in [3.8, 4) is 0 Å². The number of piperidine rings is 1. The Morgan fingerprint density at radius 3 is 2.58 bits per heavy atom. The number of rotatable bonds is 6. The summed E-state index contributed by atoms with van der Waals surface area (Å²) in [5.74, 6) is 0.450. The van der Waals surface area contributed by atoms with Gasteiger partial charge in [-0.3, -0.25) is 0 Å². The molecular formula is C18H30N4O3S. The third-order valence-electron chi connectivity index (χ3n) is 5.66. The number of hydrogen-bond acceptors (Lipinski definition) is 6. The van der Waals surface area contributed by atoms with E-state index in [4.69, 9.17) is 4.74 Å². The van der Waals surface area contributed by atoms with Gasteiger partial charge in [0.2, 0.25) is 10.0 Å². The molecule has 0 radical (unpaired) electrons. The van der Waals surface area contributed by atoms with Crippen LogP contribution in [0.5, 0.6) is 0 Å². The molecule has 2 fully saturated rings. The molecule has 8 heteroatoms. The summed E-state index contributed by atoms with van der Waals surface area (Å²) in [5.41, 5.74) is -0.0536. The molecule has 146 valence electrons. The molecule has 2 aliphatic rings. The average Bonchev–Trinajstić information content (AvgIpc) is 2.68.